The van der Waals surface area contributed by atoms with E-state index in [1.807, 2.05) is 16.1 Å². The summed E-state index contributed by atoms with van der Waals surface area (Å²) >= 11 is 1.70. The van der Waals surface area contributed by atoms with Crippen LogP contribution < -0.4 is 0 Å². The molecule has 1 aromatic carbocycles. The molecule has 1 unspecified atom stereocenters. The molecular weight excluding hydrogens is 358 g/mol. The molecule has 27 heavy (non-hydrogen) atoms. The Morgan fingerprint density at radius 2 is 2.15 bits per heavy atom. The van der Waals surface area contributed by atoms with E-state index in [0.717, 1.165) is 33.6 Å². The summed E-state index contributed by atoms with van der Waals surface area (Å²) in [5, 5.41) is 15.2. The fourth-order valence-electron chi connectivity index (χ4n) is 3.81. The van der Waals surface area contributed by atoms with Crippen LogP contribution in [-0.2, 0) is 11.2 Å². The van der Waals surface area contributed by atoms with E-state index in [0.29, 0.717) is 25.7 Å². The molecule has 6 heteroatoms. The van der Waals surface area contributed by atoms with E-state index in [1.165, 1.54) is 5.56 Å². The Morgan fingerprint density at radius 3 is 2.81 bits per heavy atom. The number of thiazole rings is 1. The number of benzene rings is 1. The summed E-state index contributed by atoms with van der Waals surface area (Å²) in [6.07, 6.45) is 2.78. The molecule has 0 fully saturated rings. The van der Waals surface area contributed by atoms with E-state index < -0.39 is 0 Å². The van der Waals surface area contributed by atoms with E-state index in [2.05, 4.69) is 48.9 Å². The predicted octanol–water partition coefficient (Wildman–Crippen LogP) is 4.55. The van der Waals surface area contributed by atoms with Crippen molar-refractivity contribution in [1.82, 2.24) is 9.55 Å². The minimum Gasteiger partial charge on any atom is -0.494 e. The number of rotatable bonds is 5. The summed E-state index contributed by atoms with van der Waals surface area (Å²) < 4.78 is 7.58. The Hall–Kier alpha value is -2.18. The summed E-state index contributed by atoms with van der Waals surface area (Å²) in [5.74, 6) is 0.649. The SMILES string of the molecule is CC(Cc1ccc2c(c1)c(C1=NCCOC1)c(O)n2C(C)C)c1nccs1. The molecule has 0 spiro atoms. The lowest BCUT2D eigenvalue weighted by atomic mass is 9.98. The van der Waals surface area contributed by atoms with Crippen LogP contribution in [0.5, 0.6) is 5.88 Å². The lowest BCUT2D eigenvalue weighted by Crippen LogP contribution is -2.18. The fourth-order valence-corrected chi connectivity index (χ4v) is 4.51. The Kier molecular flexibility index (Phi) is 5.02. The molecule has 3 heterocycles. The third-order valence-electron chi connectivity index (χ3n) is 5.04. The predicted molar refractivity (Wildman–Crippen MR) is 110 cm³/mol. The van der Waals surface area contributed by atoms with Gasteiger partial charge in [-0.25, -0.2) is 4.98 Å². The van der Waals surface area contributed by atoms with Gasteiger partial charge in [-0.3, -0.25) is 4.99 Å². The quantitative estimate of drug-likeness (QED) is 0.703. The standard InChI is InChI=1S/C21H25N3O2S/c1-13(2)24-18-5-4-15(10-14(3)20-23-7-9-27-20)11-16(18)19(21(24)25)17-12-26-8-6-22-17/h4-5,7,9,11,13-14,25H,6,8,10,12H2,1-3H3. The van der Waals surface area contributed by atoms with Gasteiger partial charge in [0.05, 0.1) is 41.6 Å². The number of fused-ring (bicyclic) bond motifs is 1. The third-order valence-corrected chi connectivity index (χ3v) is 6.05. The van der Waals surface area contributed by atoms with Crippen LogP contribution in [0.25, 0.3) is 10.9 Å². The van der Waals surface area contributed by atoms with E-state index >= 15 is 0 Å². The van der Waals surface area contributed by atoms with Gasteiger partial charge in [-0.1, -0.05) is 13.0 Å². The molecule has 1 aliphatic heterocycles. The second kappa shape index (κ2) is 7.44. The molecule has 3 aromatic rings. The van der Waals surface area contributed by atoms with Gasteiger partial charge in [0.1, 0.15) is 0 Å². The van der Waals surface area contributed by atoms with E-state index in [4.69, 9.17) is 4.74 Å². The average molecular weight is 384 g/mol. The first-order chi connectivity index (χ1) is 13.1. The molecule has 0 saturated carbocycles. The number of ether oxygens (including phenoxy) is 1. The molecule has 4 rings (SSSR count). The molecular formula is C21H25N3O2S. The van der Waals surface area contributed by atoms with Crippen LogP contribution in [0.2, 0.25) is 0 Å². The highest BCUT2D eigenvalue weighted by atomic mass is 32.1. The summed E-state index contributed by atoms with van der Waals surface area (Å²) in [7, 11) is 0. The molecule has 1 aliphatic rings. The number of aromatic hydroxyl groups is 1. The minimum absolute atomic E-state index is 0.159. The third kappa shape index (κ3) is 3.39. The summed E-state index contributed by atoms with van der Waals surface area (Å²) in [4.78, 5) is 9.07. The molecule has 0 amide bonds. The van der Waals surface area contributed by atoms with Gasteiger partial charge < -0.3 is 14.4 Å². The van der Waals surface area contributed by atoms with Crippen molar-refractivity contribution in [3.05, 3.63) is 45.9 Å². The number of nitrogens with zero attached hydrogens (tertiary/aromatic N) is 3. The molecule has 0 saturated heterocycles. The van der Waals surface area contributed by atoms with Gasteiger partial charge in [0.15, 0.2) is 0 Å². The summed E-state index contributed by atoms with van der Waals surface area (Å²) in [6.45, 7) is 8.11. The number of hydrogen-bond acceptors (Lipinski definition) is 5. The fraction of sp³-hybridized carbons (Fsp3) is 0.429. The molecule has 0 aliphatic carbocycles. The topological polar surface area (TPSA) is 59.6 Å². The smallest absolute Gasteiger partial charge is 0.201 e. The monoisotopic (exact) mass is 383 g/mol. The molecule has 0 bridgehead atoms. The molecule has 142 valence electrons. The van der Waals surface area contributed by atoms with Crippen molar-refractivity contribution in [3.63, 3.8) is 0 Å². The second-order valence-electron chi connectivity index (χ2n) is 7.37. The first-order valence-corrected chi connectivity index (χ1v) is 10.3. The van der Waals surface area contributed by atoms with Crippen LogP contribution in [0.4, 0.5) is 0 Å². The Morgan fingerprint density at radius 1 is 1.30 bits per heavy atom. The van der Waals surface area contributed by atoms with E-state index in [-0.39, 0.29) is 11.9 Å². The van der Waals surface area contributed by atoms with E-state index in [1.54, 1.807) is 11.3 Å². The normalized spacial score (nSPS) is 16.1. The van der Waals surface area contributed by atoms with Crippen LogP contribution in [0.15, 0.2) is 34.8 Å². The van der Waals surface area contributed by atoms with Crippen LogP contribution in [0, 0.1) is 0 Å². The molecule has 1 N–H and O–H groups in total. The van der Waals surface area contributed by atoms with Gasteiger partial charge in [0.25, 0.3) is 0 Å². The lowest BCUT2D eigenvalue weighted by molar-refractivity contribution is 0.171. The van der Waals surface area contributed by atoms with Gasteiger partial charge in [-0.2, -0.15) is 0 Å². The zero-order valence-corrected chi connectivity index (χ0v) is 16.8. The maximum absolute atomic E-state index is 11.0. The van der Waals surface area contributed by atoms with Crippen LogP contribution >= 0.6 is 11.3 Å². The zero-order valence-electron chi connectivity index (χ0n) is 16.0. The summed E-state index contributed by atoms with van der Waals surface area (Å²) in [5.41, 5.74) is 3.94. The van der Waals surface area contributed by atoms with Crippen molar-refractivity contribution in [2.24, 2.45) is 4.99 Å². The largest absolute Gasteiger partial charge is 0.494 e. The molecule has 2 aromatic heterocycles. The maximum atomic E-state index is 11.0. The molecule has 5 nitrogen and oxygen atoms in total. The second-order valence-corrected chi connectivity index (χ2v) is 8.30. The van der Waals surface area contributed by atoms with Crippen molar-refractivity contribution in [2.45, 2.75) is 39.2 Å². The van der Waals surface area contributed by atoms with Crippen LogP contribution in [0.3, 0.4) is 0 Å². The van der Waals surface area contributed by atoms with Crippen molar-refractivity contribution in [1.29, 1.82) is 0 Å². The highest BCUT2D eigenvalue weighted by Gasteiger charge is 2.24. The number of hydrogen-bond donors (Lipinski definition) is 1. The average Bonchev–Trinajstić information content (AvgIpc) is 3.28. The van der Waals surface area contributed by atoms with Gasteiger partial charge >= 0.3 is 0 Å². The van der Waals surface area contributed by atoms with Gasteiger partial charge in [-0.05, 0) is 38.0 Å². The Balaban J connectivity index is 1.80. The molecule has 1 atom stereocenters. The van der Waals surface area contributed by atoms with Gasteiger partial charge in [0, 0.05) is 28.9 Å². The minimum atomic E-state index is 0.159. The summed E-state index contributed by atoms with van der Waals surface area (Å²) in [6, 6.07) is 6.64. The van der Waals surface area contributed by atoms with Gasteiger partial charge in [0.2, 0.25) is 5.88 Å². The highest BCUT2D eigenvalue weighted by Crippen LogP contribution is 2.36. The van der Waals surface area contributed by atoms with Crippen molar-refractivity contribution < 1.29 is 9.84 Å². The lowest BCUT2D eigenvalue weighted by Gasteiger charge is -2.14. The van der Waals surface area contributed by atoms with Gasteiger partial charge in [-0.15, -0.1) is 11.3 Å². The highest BCUT2D eigenvalue weighted by molar-refractivity contribution is 7.09. The first-order valence-electron chi connectivity index (χ1n) is 9.43. The van der Waals surface area contributed by atoms with Crippen LogP contribution in [-0.4, -0.2) is 40.1 Å². The first kappa shape index (κ1) is 18.2. The zero-order chi connectivity index (χ0) is 19.0. The number of aromatic nitrogens is 2. The Bertz CT molecular complexity index is 973. The van der Waals surface area contributed by atoms with Crippen molar-refractivity contribution in [3.8, 4) is 5.88 Å². The number of aliphatic imine (C=N–C) groups is 1. The van der Waals surface area contributed by atoms with Crippen molar-refractivity contribution in [2.75, 3.05) is 19.8 Å². The molecule has 0 radical (unpaired) electrons. The van der Waals surface area contributed by atoms with Crippen LogP contribution in [0.1, 0.15) is 48.9 Å². The van der Waals surface area contributed by atoms with Crippen molar-refractivity contribution >= 4 is 28.0 Å². The maximum Gasteiger partial charge on any atom is 0.201 e. The van der Waals surface area contributed by atoms with E-state index in [9.17, 15) is 5.11 Å². The Labute approximate surface area is 163 Å².